The van der Waals surface area contributed by atoms with Crippen molar-refractivity contribution in [1.29, 1.82) is 0 Å². The molecule has 0 spiro atoms. The molecular formula is C37H58O12. The van der Waals surface area contributed by atoms with Crippen LogP contribution in [-0.2, 0) is 23.8 Å². The summed E-state index contributed by atoms with van der Waals surface area (Å²) in [6.45, 7) is 9.66. The molecule has 16 atom stereocenters. The third-order valence-corrected chi connectivity index (χ3v) is 15.7. The number of hydrogen-bond acceptors (Lipinski definition) is 11. The van der Waals surface area contributed by atoms with Gasteiger partial charge in [-0.3, -0.25) is 9.59 Å². The minimum absolute atomic E-state index is 0.0779. The van der Waals surface area contributed by atoms with E-state index >= 15 is 0 Å². The zero-order valence-corrected chi connectivity index (χ0v) is 29.8. The molecule has 5 aliphatic carbocycles. The number of methoxy groups -OCH3 is 1. The van der Waals surface area contributed by atoms with Crippen LogP contribution in [0, 0.1) is 50.2 Å². The van der Waals surface area contributed by atoms with Gasteiger partial charge in [-0.25, -0.2) is 0 Å². The minimum Gasteiger partial charge on any atom is -0.481 e. The lowest BCUT2D eigenvalue weighted by atomic mass is 9.33. The molecular weight excluding hydrogens is 636 g/mol. The number of aliphatic hydroxyl groups excluding tert-OH is 6. The molecule has 0 unspecified atom stereocenters. The van der Waals surface area contributed by atoms with Crippen molar-refractivity contribution in [3.8, 4) is 0 Å². The summed E-state index contributed by atoms with van der Waals surface area (Å²) in [4.78, 5) is 26.1. The summed E-state index contributed by atoms with van der Waals surface area (Å²) >= 11 is 0. The summed E-state index contributed by atoms with van der Waals surface area (Å²) in [5.41, 5.74) is -2.63. The Balaban J connectivity index is 1.35. The first kappa shape index (κ1) is 37.1. The van der Waals surface area contributed by atoms with E-state index in [0.717, 1.165) is 12.0 Å². The first-order chi connectivity index (χ1) is 22.8. The van der Waals surface area contributed by atoms with Gasteiger partial charge < -0.3 is 50.0 Å². The van der Waals surface area contributed by atoms with Gasteiger partial charge in [-0.1, -0.05) is 39.3 Å². The highest BCUT2D eigenvalue weighted by Crippen LogP contribution is 2.76. The molecule has 0 amide bonds. The molecule has 1 heterocycles. The molecule has 12 nitrogen and oxygen atoms in total. The van der Waals surface area contributed by atoms with Crippen LogP contribution in [0.1, 0.15) is 92.4 Å². The Morgan fingerprint density at radius 3 is 2.18 bits per heavy atom. The molecule has 12 heteroatoms. The second-order valence-electron chi connectivity index (χ2n) is 17.8. The van der Waals surface area contributed by atoms with Crippen molar-refractivity contribution in [3.05, 3.63) is 11.6 Å². The molecule has 1 saturated heterocycles. The Kier molecular flexibility index (Phi) is 9.26. The first-order valence-electron chi connectivity index (χ1n) is 18.1. The van der Waals surface area contributed by atoms with Gasteiger partial charge in [-0.05, 0) is 98.7 Å². The monoisotopic (exact) mass is 694 g/mol. The van der Waals surface area contributed by atoms with Gasteiger partial charge in [-0.15, -0.1) is 0 Å². The van der Waals surface area contributed by atoms with Gasteiger partial charge in [-0.2, -0.15) is 0 Å². The summed E-state index contributed by atoms with van der Waals surface area (Å²) in [6, 6.07) is 0. The molecule has 6 rings (SSSR count). The smallest absolute Gasteiger partial charge is 0.311 e. The zero-order valence-electron chi connectivity index (χ0n) is 29.8. The van der Waals surface area contributed by atoms with Crippen LogP contribution in [0.3, 0.4) is 0 Å². The van der Waals surface area contributed by atoms with Crippen molar-refractivity contribution < 1.29 is 59.5 Å². The lowest BCUT2D eigenvalue weighted by Crippen LogP contribution is -2.69. The number of aliphatic hydroxyl groups is 6. The molecule has 278 valence electrons. The van der Waals surface area contributed by atoms with Crippen molar-refractivity contribution in [2.45, 2.75) is 135 Å². The van der Waals surface area contributed by atoms with Crippen LogP contribution < -0.4 is 0 Å². The van der Waals surface area contributed by atoms with Crippen LogP contribution in [0.4, 0.5) is 0 Å². The number of fused-ring (bicyclic) bond motifs is 7. The van der Waals surface area contributed by atoms with Crippen molar-refractivity contribution in [2.75, 3.05) is 20.3 Å². The van der Waals surface area contributed by atoms with Crippen molar-refractivity contribution in [1.82, 2.24) is 0 Å². The van der Waals surface area contributed by atoms with E-state index in [0.29, 0.717) is 51.4 Å². The lowest BCUT2D eigenvalue weighted by Gasteiger charge is -2.71. The number of ether oxygens (including phenoxy) is 3. The van der Waals surface area contributed by atoms with E-state index in [9.17, 15) is 45.3 Å². The molecule has 0 aromatic heterocycles. The zero-order chi connectivity index (χ0) is 36.1. The van der Waals surface area contributed by atoms with Crippen LogP contribution in [0.2, 0.25) is 0 Å². The van der Waals surface area contributed by atoms with Crippen molar-refractivity contribution in [2.24, 2.45) is 50.2 Å². The number of carbonyl (C=O) groups excluding carboxylic acids is 1. The summed E-state index contributed by atoms with van der Waals surface area (Å²) in [6.07, 6.45) is -2.17. The molecule has 5 fully saturated rings. The summed E-state index contributed by atoms with van der Waals surface area (Å²) in [5.74, 6) is -1.43. The van der Waals surface area contributed by atoms with Crippen LogP contribution >= 0.6 is 0 Å². The second-order valence-corrected chi connectivity index (χ2v) is 17.8. The summed E-state index contributed by atoms with van der Waals surface area (Å²) in [5, 5.41) is 74.8. The highest BCUT2D eigenvalue weighted by molar-refractivity contribution is 5.80. The number of carbonyl (C=O) groups is 2. The van der Waals surface area contributed by atoms with E-state index < -0.39 is 77.1 Å². The summed E-state index contributed by atoms with van der Waals surface area (Å²) < 4.78 is 17.1. The fourth-order valence-electron chi connectivity index (χ4n) is 12.6. The molecule has 0 radical (unpaired) electrons. The highest BCUT2D eigenvalue weighted by Gasteiger charge is 2.71. The van der Waals surface area contributed by atoms with Gasteiger partial charge >= 0.3 is 11.9 Å². The Hall–Kier alpha value is -1.64. The van der Waals surface area contributed by atoms with Gasteiger partial charge in [0.2, 0.25) is 0 Å². The van der Waals surface area contributed by atoms with E-state index in [2.05, 4.69) is 26.8 Å². The molecule has 0 aromatic carbocycles. The molecule has 1 aliphatic heterocycles. The summed E-state index contributed by atoms with van der Waals surface area (Å²) in [7, 11) is 1.39. The maximum atomic E-state index is 13.1. The topological polar surface area (TPSA) is 203 Å². The van der Waals surface area contributed by atoms with Gasteiger partial charge in [0.15, 0.2) is 6.29 Å². The lowest BCUT2D eigenvalue weighted by molar-refractivity contribution is -0.345. The number of allylic oxidation sites excluding steroid dienone is 2. The van der Waals surface area contributed by atoms with Gasteiger partial charge in [0.1, 0.15) is 24.4 Å². The largest absolute Gasteiger partial charge is 0.481 e. The van der Waals surface area contributed by atoms with Gasteiger partial charge in [0.25, 0.3) is 0 Å². The Morgan fingerprint density at radius 2 is 1.57 bits per heavy atom. The van der Waals surface area contributed by atoms with Crippen LogP contribution in [0.15, 0.2) is 11.6 Å². The predicted octanol–water partition coefficient (Wildman–Crippen LogP) is 2.15. The molecule has 0 aromatic rings. The van der Waals surface area contributed by atoms with Crippen LogP contribution in [0.25, 0.3) is 0 Å². The van der Waals surface area contributed by atoms with Crippen molar-refractivity contribution in [3.63, 3.8) is 0 Å². The molecule has 0 bridgehead atoms. The highest BCUT2D eigenvalue weighted by atomic mass is 16.7. The van der Waals surface area contributed by atoms with Gasteiger partial charge in [0.05, 0.1) is 43.4 Å². The van der Waals surface area contributed by atoms with E-state index in [-0.39, 0.29) is 41.2 Å². The maximum Gasteiger partial charge on any atom is 0.311 e. The number of carboxylic acid groups (broad SMARTS) is 1. The minimum atomic E-state index is -1.64. The number of hydrogen-bond donors (Lipinski definition) is 7. The average molecular weight is 695 g/mol. The van der Waals surface area contributed by atoms with Gasteiger partial charge in [0, 0.05) is 5.41 Å². The Labute approximate surface area is 288 Å². The fourth-order valence-corrected chi connectivity index (χ4v) is 12.6. The van der Waals surface area contributed by atoms with Crippen LogP contribution in [-0.4, -0.2) is 111 Å². The van der Waals surface area contributed by atoms with E-state index in [1.807, 2.05) is 13.8 Å². The van der Waals surface area contributed by atoms with Crippen LogP contribution in [0.5, 0.6) is 0 Å². The molecule has 4 saturated carbocycles. The third kappa shape index (κ3) is 4.98. The normalized spacial score (nSPS) is 54.0. The quantitative estimate of drug-likeness (QED) is 0.122. The maximum absolute atomic E-state index is 13.1. The Bertz CT molecular complexity index is 1350. The molecule has 7 N–H and O–H groups in total. The predicted molar refractivity (Wildman–Crippen MR) is 174 cm³/mol. The number of aliphatic carboxylic acids is 1. The Morgan fingerprint density at radius 1 is 0.898 bits per heavy atom. The standard InChI is InChI=1S/C37H58O12/c1-32(31(46)47-6)11-13-37(30(44)45)14-12-35(4)19(20(37)15-32)7-8-24-33(2)16-21(40)28(34(3,18-39)23(33)9-10-36(24,35)5)49-29-27(43)26(42)25(41)22(17-38)48-29/h7,20-29,38-43H,8-18H2,1-6H3,(H,44,45)/t20-,21-,22+,23+,24+,25+,26-,27+,28-,29-,32-,33-,34-,35+,36+,37-/m0/s1. The fraction of sp³-hybridized carbons (Fsp3) is 0.892. The van der Waals surface area contributed by atoms with E-state index in [4.69, 9.17) is 14.2 Å². The van der Waals surface area contributed by atoms with E-state index in [1.165, 1.54) is 7.11 Å². The number of esters is 1. The first-order valence-corrected chi connectivity index (χ1v) is 18.1. The average Bonchev–Trinajstić information content (AvgIpc) is 3.06. The SMILES string of the molecule is COC(=O)[C@@]1(C)CC[C@]2(C(=O)O)CC[C@]3(C)C(=CC[C@@H]4[C@@]5(C)C[C@H](O)[C@H](O[C@@H]6O[C@H](CO)[C@@H](O)[C@H](O)[C@H]6O)[C@@](C)(CO)[C@@H]5CC[C@]43C)[C@@H]2C1. The second kappa shape index (κ2) is 12.2. The number of rotatable bonds is 6. The van der Waals surface area contributed by atoms with Crippen molar-refractivity contribution >= 4 is 11.9 Å². The number of carboxylic acids is 1. The molecule has 49 heavy (non-hydrogen) atoms. The third-order valence-electron chi connectivity index (χ3n) is 15.7. The van der Waals surface area contributed by atoms with E-state index in [1.54, 1.807) is 0 Å². The molecule has 6 aliphatic rings.